The first-order valence-corrected chi connectivity index (χ1v) is 9.41. The topological polar surface area (TPSA) is 116 Å². The van der Waals surface area contributed by atoms with Gasteiger partial charge in [-0.1, -0.05) is 26.0 Å². The Kier molecular flexibility index (Phi) is 4.75. The fourth-order valence-electron chi connectivity index (χ4n) is 3.23. The second-order valence-corrected chi connectivity index (χ2v) is 7.32. The van der Waals surface area contributed by atoms with Crippen LogP contribution in [0.25, 0.3) is 11.0 Å². The van der Waals surface area contributed by atoms with Crippen LogP contribution >= 0.6 is 0 Å². The molecule has 2 heterocycles. The molecule has 1 aromatic heterocycles. The molecule has 29 heavy (non-hydrogen) atoms. The summed E-state index contributed by atoms with van der Waals surface area (Å²) in [5.74, 6) is -0.0527. The molecule has 0 saturated carbocycles. The minimum absolute atomic E-state index is 0.177. The number of carbonyl (C=O) groups is 3. The number of anilines is 2. The van der Waals surface area contributed by atoms with Crippen LogP contribution in [0, 0.1) is 0 Å². The van der Waals surface area contributed by atoms with Gasteiger partial charge in [0.05, 0.1) is 28.7 Å². The number of nitrogens with one attached hydrogen (secondary N) is 4. The molecule has 0 bridgehead atoms. The van der Waals surface area contributed by atoms with Crippen LogP contribution in [0.4, 0.5) is 11.4 Å². The molecule has 8 heteroatoms. The molecular weight excluding hydrogens is 370 g/mol. The summed E-state index contributed by atoms with van der Waals surface area (Å²) in [6.07, 6.45) is -0.177. The number of nitrogens with zero attached hydrogens (tertiary/aromatic N) is 1. The number of rotatable bonds is 4. The molecule has 148 valence electrons. The molecule has 4 rings (SSSR count). The predicted molar refractivity (Wildman–Crippen MR) is 110 cm³/mol. The van der Waals surface area contributed by atoms with Gasteiger partial charge in [-0.25, -0.2) is 4.98 Å². The zero-order valence-electron chi connectivity index (χ0n) is 16.1. The first-order chi connectivity index (χ1) is 13.9. The number of hydrogen-bond acceptors (Lipinski definition) is 4. The van der Waals surface area contributed by atoms with E-state index in [0.717, 1.165) is 16.9 Å². The first kappa shape index (κ1) is 18.7. The van der Waals surface area contributed by atoms with Crippen LogP contribution in [-0.2, 0) is 9.59 Å². The standard InChI is InChI=1S/C21H21N5O3/c1-11(2)19-23-15-8-7-12(9-16(15)24-19)22-18(27)10-17-21(29)25-14-6-4-3-5-13(14)20(28)26-17/h3-9,11,17H,10H2,1-2H3,(H,22,27)(H,23,24)(H,25,29)(H,26,28)/t17-/m1/s1. The van der Waals surface area contributed by atoms with Gasteiger partial charge in [-0.05, 0) is 30.3 Å². The van der Waals surface area contributed by atoms with E-state index in [9.17, 15) is 14.4 Å². The fourth-order valence-corrected chi connectivity index (χ4v) is 3.23. The van der Waals surface area contributed by atoms with Gasteiger partial charge in [0.2, 0.25) is 11.8 Å². The number of carbonyl (C=O) groups excluding carboxylic acids is 3. The molecule has 0 aliphatic carbocycles. The van der Waals surface area contributed by atoms with Crippen molar-refractivity contribution < 1.29 is 14.4 Å². The van der Waals surface area contributed by atoms with E-state index in [4.69, 9.17) is 0 Å². The second-order valence-electron chi connectivity index (χ2n) is 7.32. The Morgan fingerprint density at radius 3 is 2.76 bits per heavy atom. The second kappa shape index (κ2) is 7.38. The SMILES string of the molecule is CC(C)c1nc2ccc(NC(=O)C[C@H]3NC(=O)c4ccccc4NC3=O)cc2[nH]1. The van der Waals surface area contributed by atoms with E-state index in [-0.39, 0.29) is 18.2 Å². The number of aromatic nitrogens is 2. The van der Waals surface area contributed by atoms with E-state index in [1.165, 1.54) is 0 Å². The molecule has 0 saturated heterocycles. The number of benzene rings is 2. The van der Waals surface area contributed by atoms with Gasteiger partial charge in [-0.3, -0.25) is 14.4 Å². The zero-order valence-corrected chi connectivity index (χ0v) is 16.1. The molecule has 3 amide bonds. The summed E-state index contributed by atoms with van der Waals surface area (Å²) < 4.78 is 0. The molecule has 1 aliphatic rings. The highest BCUT2D eigenvalue weighted by atomic mass is 16.2. The Morgan fingerprint density at radius 2 is 1.97 bits per heavy atom. The highest BCUT2D eigenvalue weighted by molar-refractivity contribution is 6.11. The third-order valence-corrected chi connectivity index (χ3v) is 4.77. The Hall–Kier alpha value is -3.68. The number of hydrogen-bond donors (Lipinski definition) is 4. The lowest BCUT2D eigenvalue weighted by Gasteiger charge is -2.14. The maximum absolute atomic E-state index is 12.5. The van der Waals surface area contributed by atoms with Gasteiger partial charge in [0.1, 0.15) is 11.9 Å². The van der Waals surface area contributed by atoms with E-state index in [2.05, 4.69) is 25.9 Å². The number of amides is 3. The molecule has 0 spiro atoms. The number of H-pyrrole nitrogens is 1. The first-order valence-electron chi connectivity index (χ1n) is 9.41. The van der Waals surface area contributed by atoms with Crippen molar-refractivity contribution in [3.05, 3.63) is 53.9 Å². The Labute approximate surface area is 167 Å². The van der Waals surface area contributed by atoms with Gasteiger partial charge in [0.25, 0.3) is 5.91 Å². The summed E-state index contributed by atoms with van der Waals surface area (Å²) in [5, 5.41) is 8.09. The number of para-hydroxylation sites is 1. The largest absolute Gasteiger partial charge is 0.342 e. The summed E-state index contributed by atoms with van der Waals surface area (Å²) >= 11 is 0. The quantitative estimate of drug-likeness (QED) is 0.547. The van der Waals surface area contributed by atoms with Crippen LogP contribution < -0.4 is 16.0 Å². The fraction of sp³-hybridized carbons (Fsp3) is 0.238. The summed E-state index contributed by atoms with van der Waals surface area (Å²) in [6, 6.07) is 11.1. The Morgan fingerprint density at radius 1 is 1.17 bits per heavy atom. The molecule has 1 atom stereocenters. The van der Waals surface area contributed by atoms with Crippen molar-refractivity contribution in [3.8, 4) is 0 Å². The lowest BCUT2D eigenvalue weighted by atomic mass is 10.1. The molecular formula is C21H21N5O3. The third-order valence-electron chi connectivity index (χ3n) is 4.77. The highest BCUT2D eigenvalue weighted by Gasteiger charge is 2.29. The molecule has 0 radical (unpaired) electrons. The van der Waals surface area contributed by atoms with Crippen LogP contribution in [0.1, 0.15) is 42.4 Å². The molecule has 0 unspecified atom stereocenters. The average molecular weight is 391 g/mol. The van der Waals surface area contributed by atoms with Crippen molar-refractivity contribution >= 4 is 40.1 Å². The summed E-state index contributed by atoms with van der Waals surface area (Å²) in [4.78, 5) is 45.0. The summed E-state index contributed by atoms with van der Waals surface area (Å²) in [5.41, 5.74) is 3.03. The van der Waals surface area contributed by atoms with E-state index in [1.54, 1.807) is 36.4 Å². The lowest BCUT2D eigenvalue weighted by molar-refractivity contribution is -0.122. The predicted octanol–water partition coefficient (Wildman–Crippen LogP) is 2.77. The van der Waals surface area contributed by atoms with E-state index < -0.39 is 17.9 Å². The van der Waals surface area contributed by atoms with Gasteiger partial charge in [-0.2, -0.15) is 0 Å². The third kappa shape index (κ3) is 3.82. The molecule has 2 aromatic carbocycles. The maximum atomic E-state index is 12.5. The molecule has 4 N–H and O–H groups in total. The van der Waals surface area contributed by atoms with Crippen molar-refractivity contribution in [2.24, 2.45) is 0 Å². The minimum Gasteiger partial charge on any atom is -0.342 e. The van der Waals surface area contributed by atoms with Gasteiger partial charge in [-0.15, -0.1) is 0 Å². The number of fused-ring (bicyclic) bond motifs is 2. The molecule has 0 fully saturated rings. The number of aromatic amines is 1. The van der Waals surface area contributed by atoms with Crippen molar-refractivity contribution in [2.75, 3.05) is 10.6 Å². The van der Waals surface area contributed by atoms with Crippen LogP contribution in [0.3, 0.4) is 0 Å². The van der Waals surface area contributed by atoms with Crippen molar-refractivity contribution in [3.63, 3.8) is 0 Å². The van der Waals surface area contributed by atoms with Gasteiger partial charge in [0.15, 0.2) is 0 Å². The van der Waals surface area contributed by atoms with Crippen LogP contribution in [0.5, 0.6) is 0 Å². The van der Waals surface area contributed by atoms with Crippen LogP contribution in [-0.4, -0.2) is 33.7 Å². The maximum Gasteiger partial charge on any atom is 0.254 e. The number of imidazole rings is 1. The molecule has 8 nitrogen and oxygen atoms in total. The van der Waals surface area contributed by atoms with Gasteiger partial charge < -0.3 is 20.9 Å². The Balaban J connectivity index is 1.46. The van der Waals surface area contributed by atoms with E-state index in [1.807, 2.05) is 19.9 Å². The average Bonchev–Trinajstić information content (AvgIpc) is 3.06. The van der Waals surface area contributed by atoms with Crippen molar-refractivity contribution in [1.29, 1.82) is 0 Å². The Bertz CT molecular complexity index is 1120. The monoisotopic (exact) mass is 391 g/mol. The lowest BCUT2D eigenvalue weighted by Crippen LogP contribution is -2.43. The smallest absolute Gasteiger partial charge is 0.254 e. The van der Waals surface area contributed by atoms with Gasteiger partial charge >= 0.3 is 0 Å². The van der Waals surface area contributed by atoms with Crippen LogP contribution in [0.2, 0.25) is 0 Å². The van der Waals surface area contributed by atoms with Crippen molar-refractivity contribution in [1.82, 2.24) is 15.3 Å². The minimum atomic E-state index is -0.960. The van der Waals surface area contributed by atoms with Gasteiger partial charge in [0, 0.05) is 11.6 Å². The normalized spacial score (nSPS) is 16.2. The zero-order chi connectivity index (χ0) is 20.5. The highest BCUT2D eigenvalue weighted by Crippen LogP contribution is 2.22. The summed E-state index contributed by atoms with van der Waals surface area (Å²) in [6.45, 7) is 4.09. The molecule has 1 aliphatic heterocycles. The van der Waals surface area contributed by atoms with Crippen LogP contribution in [0.15, 0.2) is 42.5 Å². The molecule has 3 aromatic rings. The van der Waals surface area contributed by atoms with E-state index in [0.29, 0.717) is 16.9 Å². The van der Waals surface area contributed by atoms with E-state index >= 15 is 0 Å². The summed E-state index contributed by atoms with van der Waals surface area (Å²) in [7, 11) is 0. The van der Waals surface area contributed by atoms with Crippen molar-refractivity contribution in [2.45, 2.75) is 32.2 Å².